The highest BCUT2D eigenvalue weighted by Gasteiger charge is 2.72. The summed E-state index contributed by atoms with van der Waals surface area (Å²) in [5.41, 5.74) is 0.841. The minimum atomic E-state index is -1.56. The molecule has 2 saturated heterocycles. The van der Waals surface area contributed by atoms with Gasteiger partial charge in [-0.15, -0.1) is 0 Å². The van der Waals surface area contributed by atoms with E-state index in [1.54, 1.807) is 24.3 Å². The van der Waals surface area contributed by atoms with Crippen LogP contribution in [-0.4, -0.2) is 41.7 Å². The van der Waals surface area contributed by atoms with Gasteiger partial charge < -0.3 is 14.2 Å². The van der Waals surface area contributed by atoms with Crippen LogP contribution < -0.4 is 4.90 Å². The fourth-order valence-corrected chi connectivity index (χ4v) is 4.90. The number of carbonyl (C=O) groups excluding carboxylic acids is 4. The summed E-state index contributed by atoms with van der Waals surface area (Å²) >= 11 is 0. The molecule has 0 aliphatic carbocycles. The Morgan fingerprint density at radius 1 is 0.909 bits per heavy atom. The van der Waals surface area contributed by atoms with Crippen molar-refractivity contribution in [1.29, 1.82) is 0 Å². The van der Waals surface area contributed by atoms with Crippen LogP contribution in [0.3, 0.4) is 0 Å². The first-order valence-electron chi connectivity index (χ1n) is 10.6. The zero-order chi connectivity index (χ0) is 23.3. The van der Waals surface area contributed by atoms with Crippen molar-refractivity contribution in [3.05, 3.63) is 66.7 Å². The third-order valence-electron chi connectivity index (χ3n) is 6.22. The maximum absolute atomic E-state index is 13.5. The van der Waals surface area contributed by atoms with Crippen LogP contribution >= 0.6 is 0 Å². The highest BCUT2D eigenvalue weighted by atomic mass is 16.7. The SMILES string of the molecule is CC(=O)OC(OC(C)=O)[C@@]12C=C[C@H](O1)[C@H]1C(=O)N(c3ccc(-c4ccccc4)cc3)C(=O)[C@@H]12. The van der Waals surface area contributed by atoms with Crippen molar-refractivity contribution in [3.8, 4) is 11.1 Å². The predicted molar refractivity (Wildman–Crippen MR) is 115 cm³/mol. The third kappa shape index (κ3) is 3.25. The summed E-state index contributed by atoms with van der Waals surface area (Å²) in [5.74, 6) is -4.09. The van der Waals surface area contributed by atoms with E-state index < -0.39 is 53.6 Å². The summed E-state index contributed by atoms with van der Waals surface area (Å²) in [6.07, 6.45) is 1.03. The lowest BCUT2D eigenvalue weighted by Crippen LogP contribution is -2.52. The van der Waals surface area contributed by atoms with E-state index in [4.69, 9.17) is 14.2 Å². The average molecular weight is 447 g/mol. The van der Waals surface area contributed by atoms with Gasteiger partial charge in [0.05, 0.1) is 23.6 Å². The summed E-state index contributed by atoms with van der Waals surface area (Å²) in [6, 6.07) is 16.9. The molecule has 168 valence electrons. The summed E-state index contributed by atoms with van der Waals surface area (Å²) in [5, 5.41) is 0. The van der Waals surface area contributed by atoms with Crippen LogP contribution in [0.4, 0.5) is 5.69 Å². The molecule has 2 fully saturated rings. The molecule has 2 amide bonds. The largest absolute Gasteiger partial charge is 0.422 e. The number of anilines is 1. The molecular formula is C25H21NO7. The van der Waals surface area contributed by atoms with Gasteiger partial charge in [0.2, 0.25) is 11.8 Å². The van der Waals surface area contributed by atoms with Crippen molar-refractivity contribution in [3.63, 3.8) is 0 Å². The quantitative estimate of drug-likeness (QED) is 0.301. The van der Waals surface area contributed by atoms with Gasteiger partial charge in [0.25, 0.3) is 6.29 Å². The first-order chi connectivity index (χ1) is 15.8. The molecule has 3 aliphatic rings. The maximum Gasteiger partial charge on any atom is 0.305 e. The monoisotopic (exact) mass is 447 g/mol. The van der Waals surface area contributed by atoms with Gasteiger partial charge >= 0.3 is 11.9 Å². The fraction of sp³-hybridized carbons (Fsp3) is 0.280. The van der Waals surface area contributed by atoms with Gasteiger partial charge in [-0.05, 0) is 29.3 Å². The number of amides is 2. The molecule has 0 spiro atoms. The summed E-state index contributed by atoms with van der Waals surface area (Å²) in [6.45, 7) is 2.33. The first-order valence-corrected chi connectivity index (χ1v) is 10.6. The highest BCUT2D eigenvalue weighted by molar-refractivity contribution is 6.23. The van der Waals surface area contributed by atoms with E-state index in [1.807, 2.05) is 42.5 Å². The molecule has 0 N–H and O–H groups in total. The maximum atomic E-state index is 13.5. The molecule has 33 heavy (non-hydrogen) atoms. The summed E-state index contributed by atoms with van der Waals surface area (Å²) in [4.78, 5) is 51.4. The average Bonchev–Trinajstić information content (AvgIpc) is 3.44. The standard InChI is InChI=1S/C25H21NO7/c1-14(27)31-24(32-15(2)28)25-13-12-19(33-25)20-21(25)23(30)26(22(20)29)18-10-8-17(9-11-18)16-6-4-3-5-7-16/h3-13,19-21,24H,1-2H3/t19-,20+,21+,25-/m0/s1. The van der Waals surface area contributed by atoms with Crippen LogP contribution in [0.5, 0.6) is 0 Å². The van der Waals surface area contributed by atoms with Crippen LogP contribution in [0.1, 0.15) is 13.8 Å². The number of imide groups is 1. The van der Waals surface area contributed by atoms with Crippen LogP contribution in [-0.2, 0) is 33.4 Å². The van der Waals surface area contributed by atoms with Crippen molar-refractivity contribution in [2.75, 3.05) is 4.90 Å². The van der Waals surface area contributed by atoms with Crippen molar-refractivity contribution in [2.24, 2.45) is 11.8 Å². The lowest BCUT2D eigenvalue weighted by Gasteiger charge is -2.34. The smallest absolute Gasteiger partial charge is 0.305 e. The summed E-state index contributed by atoms with van der Waals surface area (Å²) < 4.78 is 16.4. The molecule has 3 aliphatic heterocycles. The number of ether oxygens (including phenoxy) is 3. The van der Waals surface area contributed by atoms with Crippen molar-refractivity contribution >= 4 is 29.4 Å². The molecule has 0 unspecified atom stereocenters. The molecule has 3 heterocycles. The Labute approximate surface area is 189 Å². The van der Waals surface area contributed by atoms with Gasteiger partial charge in [-0.1, -0.05) is 48.5 Å². The van der Waals surface area contributed by atoms with E-state index in [1.165, 1.54) is 0 Å². The Bertz CT molecular complexity index is 1160. The minimum absolute atomic E-state index is 0.405. The second-order valence-electron chi connectivity index (χ2n) is 8.27. The molecule has 2 bridgehead atoms. The Balaban J connectivity index is 1.48. The number of nitrogens with zero attached hydrogens (tertiary/aromatic N) is 1. The molecule has 0 saturated carbocycles. The van der Waals surface area contributed by atoms with E-state index >= 15 is 0 Å². The van der Waals surface area contributed by atoms with Gasteiger partial charge in [0.1, 0.15) is 0 Å². The number of hydrogen-bond donors (Lipinski definition) is 0. The van der Waals surface area contributed by atoms with Crippen LogP contribution in [0, 0.1) is 11.8 Å². The predicted octanol–water partition coefficient (Wildman–Crippen LogP) is 2.62. The Hall–Kier alpha value is -3.78. The number of rotatable bonds is 5. The number of carbonyl (C=O) groups is 4. The van der Waals surface area contributed by atoms with E-state index in [2.05, 4.69) is 0 Å². The number of hydrogen-bond acceptors (Lipinski definition) is 7. The van der Waals surface area contributed by atoms with Gasteiger partial charge in [0.15, 0.2) is 5.60 Å². The van der Waals surface area contributed by atoms with Gasteiger partial charge in [-0.2, -0.15) is 0 Å². The Morgan fingerprint density at radius 2 is 1.52 bits per heavy atom. The molecule has 4 atom stereocenters. The normalized spacial score (nSPS) is 27.2. The molecule has 2 aromatic rings. The first kappa shape index (κ1) is 21.1. The van der Waals surface area contributed by atoms with Gasteiger partial charge in [0, 0.05) is 13.8 Å². The highest BCUT2D eigenvalue weighted by Crippen LogP contribution is 2.54. The van der Waals surface area contributed by atoms with Gasteiger partial charge in [-0.3, -0.25) is 19.2 Å². The zero-order valence-electron chi connectivity index (χ0n) is 18.0. The third-order valence-corrected chi connectivity index (χ3v) is 6.22. The molecule has 8 nitrogen and oxygen atoms in total. The minimum Gasteiger partial charge on any atom is -0.422 e. The van der Waals surface area contributed by atoms with Crippen LogP contribution in [0.25, 0.3) is 11.1 Å². The van der Waals surface area contributed by atoms with Crippen molar-refractivity contribution < 1.29 is 33.4 Å². The number of fused-ring (bicyclic) bond motifs is 5. The fourth-order valence-electron chi connectivity index (χ4n) is 4.90. The Morgan fingerprint density at radius 3 is 2.12 bits per heavy atom. The topological polar surface area (TPSA) is 99.2 Å². The van der Waals surface area contributed by atoms with Gasteiger partial charge in [-0.25, -0.2) is 4.90 Å². The number of benzene rings is 2. The lowest BCUT2D eigenvalue weighted by atomic mass is 9.76. The zero-order valence-corrected chi connectivity index (χ0v) is 18.0. The van der Waals surface area contributed by atoms with Crippen molar-refractivity contribution in [1.82, 2.24) is 0 Å². The lowest BCUT2D eigenvalue weighted by molar-refractivity contribution is -0.226. The molecular weight excluding hydrogens is 426 g/mol. The van der Waals surface area contributed by atoms with Crippen LogP contribution in [0.2, 0.25) is 0 Å². The summed E-state index contributed by atoms with van der Waals surface area (Å²) in [7, 11) is 0. The second kappa shape index (κ2) is 7.67. The van der Waals surface area contributed by atoms with Crippen LogP contribution in [0.15, 0.2) is 66.7 Å². The van der Waals surface area contributed by atoms with Crippen molar-refractivity contribution in [2.45, 2.75) is 31.8 Å². The Kier molecular flexibility index (Phi) is 4.90. The van der Waals surface area contributed by atoms with E-state index in [0.29, 0.717) is 5.69 Å². The second-order valence-corrected chi connectivity index (χ2v) is 8.27. The molecule has 0 radical (unpaired) electrons. The number of esters is 2. The molecule has 8 heteroatoms. The molecule has 2 aromatic carbocycles. The molecule has 5 rings (SSSR count). The van der Waals surface area contributed by atoms with E-state index in [9.17, 15) is 19.2 Å². The molecule has 0 aromatic heterocycles. The van der Waals surface area contributed by atoms with E-state index in [-0.39, 0.29) is 0 Å². The van der Waals surface area contributed by atoms with E-state index in [0.717, 1.165) is 29.9 Å².